The van der Waals surface area contributed by atoms with E-state index in [0.717, 1.165) is 0 Å². The van der Waals surface area contributed by atoms with Crippen LogP contribution in [0.4, 0.5) is 4.79 Å². The first-order chi connectivity index (χ1) is 4.51. The minimum Gasteiger partial charge on any atom is -0.326 e. The number of hydrogen-bond donors (Lipinski definition) is 1. The van der Waals surface area contributed by atoms with E-state index in [2.05, 4.69) is 0 Å². The van der Waals surface area contributed by atoms with Gasteiger partial charge in [0, 0.05) is 13.6 Å². The van der Waals surface area contributed by atoms with Crippen molar-refractivity contribution in [2.45, 2.75) is 0 Å². The summed E-state index contributed by atoms with van der Waals surface area (Å²) < 4.78 is 23.2. The van der Waals surface area contributed by atoms with Crippen molar-refractivity contribution < 1.29 is 13.2 Å². The van der Waals surface area contributed by atoms with Crippen LogP contribution in [0.5, 0.6) is 0 Å². The molecule has 1 N–H and O–H groups in total. The van der Waals surface area contributed by atoms with Crippen LogP contribution >= 0.6 is 0 Å². The lowest BCUT2D eigenvalue weighted by Gasteiger charge is -2.22. The van der Waals surface area contributed by atoms with E-state index < -0.39 is 16.1 Å². The third-order valence-electron chi connectivity index (χ3n) is 1.28. The zero-order chi connectivity index (χ0) is 7.78. The van der Waals surface area contributed by atoms with Gasteiger partial charge < -0.3 is 4.90 Å². The monoisotopic (exact) mass is 164 g/mol. The van der Waals surface area contributed by atoms with Crippen molar-refractivity contribution in [3.63, 3.8) is 0 Å². The van der Waals surface area contributed by atoms with Gasteiger partial charge in [-0.15, -0.1) is 0 Å². The van der Waals surface area contributed by atoms with E-state index in [1.54, 1.807) is 7.05 Å². The number of rotatable bonds is 0. The standard InChI is InChI=1S/C4H8N2O3S/c1-6-2-3-10(8,9)5-4(6)7/h2-3H2,1H3,(H,5,7). The molecule has 0 bridgehead atoms. The van der Waals surface area contributed by atoms with Crippen molar-refractivity contribution in [2.75, 3.05) is 19.3 Å². The van der Waals surface area contributed by atoms with E-state index in [0.29, 0.717) is 0 Å². The van der Waals surface area contributed by atoms with E-state index in [9.17, 15) is 13.2 Å². The molecular weight excluding hydrogens is 156 g/mol. The number of nitrogens with zero attached hydrogens (tertiary/aromatic N) is 1. The molecule has 1 heterocycles. The Balaban J connectivity index is 2.76. The van der Waals surface area contributed by atoms with Gasteiger partial charge in [-0.1, -0.05) is 0 Å². The van der Waals surface area contributed by atoms with Gasteiger partial charge >= 0.3 is 6.03 Å². The zero-order valence-electron chi connectivity index (χ0n) is 5.49. The van der Waals surface area contributed by atoms with Gasteiger partial charge in [0.1, 0.15) is 0 Å². The quantitative estimate of drug-likeness (QED) is 0.498. The fourth-order valence-electron chi connectivity index (χ4n) is 0.621. The van der Waals surface area contributed by atoms with Crippen LogP contribution in [0.2, 0.25) is 0 Å². The normalized spacial score (nSPS) is 24.1. The first kappa shape index (κ1) is 7.33. The van der Waals surface area contributed by atoms with Gasteiger partial charge in [0.15, 0.2) is 0 Å². The van der Waals surface area contributed by atoms with Crippen molar-refractivity contribution in [2.24, 2.45) is 0 Å². The molecule has 0 aromatic heterocycles. The highest BCUT2D eigenvalue weighted by Crippen LogP contribution is 1.96. The van der Waals surface area contributed by atoms with E-state index >= 15 is 0 Å². The average molecular weight is 164 g/mol. The highest BCUT2D eigenvalue weighted by molar-refractivity contribution is 7.90. The Kier molecular flexibility index (Phi) is 1.55. The molecule has 0 saturated carbocycles. The zero-order valence-corrected chi connectivity index (χ0v) is 6.31. The molecule has 0 aromatic carbocycles. The van der Waals surface area contributed by atoms with E-state index in [1.807, 2.05) is 4.72 Å². The summed E-state index contributed by atoms with van der Waals surface area (Å²) in [6, 6.07) is -0.550. The Morgan fingerprint density at radius 2 is 2.20 bits per heavy atom. The number of carbonyl (C=O) groups is 1. The van der Waals surface area contributed by atoms with E-state index in [4.69, 9.17) is 0 Å². The molecule has 5 nitrogen and oxygen atoms in total. The Morgan fingerprint density at radius 1 is 1.60 bits per heavy atom. The number of carbonyl (C=O) groups excluding carboxylic acids is 1. The number of amides is 2. The first-order valence-electron chi connectivity index (χ1n) is 2.77. The van der Waals surface area contributed by atoms with Crippen LogP contribution < -0.4 is 4.72 Å². The van der Waals surface area contributed by atoms with Crippen molar-refractivity contribution in [1.82, 2.24) is 9.62 Å². The van der Waals surface area contributed by atoms with E-state index in [1.165, 1.54) is 4.90 Å². The summed E-state index contributed by atoms with van der Waals surface area (Å²) in [5.74, 6) is -0.00472. The molecule has 0 spiro atoms. The fraction of sp³-hybridized carbons (Fsp3) is 0.750. The summed E-state index contributed by atoms with van der Waals surface area (Å²) >= 11 is 0. The summed E-state index contributed by atoms with van der Waals surface area (Å²) in [6.45, 7) is 0.272. The maximum absolute atomic E-state index is 10.6. The van der Waals surface area contributed by atoms with Crippen LogP contribution in [0.25, 0.3) is 0 Å². The number of hydrogen-bond acceptors (Lipinski definition) is 3. The molecule has 1 aliphatic heterocycles. The van der Waals surface area contributed by atoms with Crippen LogP contribution in [0.3, 0.4) is 0 Å². The summed E-state index contributed by atoms with van der Waals surface area (Å²) in [5.41, 5.74) is 0. The minimum absolute atomic E-state index is 0.00472. The molecule has 6 heteroatoms. The average Bonchev–Trinajstić information content (AvgIpc) is 1.79. The molecule has 0 radical (unpaired) electrons. The molecule has 1 rings (SSSR count). The summed E-state index contributed by atoms with van der Waals surface area (Å²) in [6.07, 6.45) is 0. The second-order valence-electron chi connectivity index (χ2n) is 2.15. The van der Waals surface area contributed by atoms with Gasteiger partial charge in [-0.2, -0.15) is 0 Å². The third kappa shape index (κ3) is 1.38. The lowest BCUT2D eigenvalue weighted by Crippen LogP contribution is -2.49. The molecule has 10 heavy (non-hydrogen) atoms. The highest BCUT2D eigenvalue weighted by atomic mass is 32.2. The SMILES string of the molecule is CN1CCS(=O)(=O)NC1=O. The molecule has 58 valence electrons. The summed E-state index contributed by atoms with van der Waals surface area (Å²) in [7, 11) is -1.76. The Hall–Kier alpha value is -0.780. The number of urea groups is 1. The lowest BCUT2D eigenvalue weighted by atomic mass is 10.6. The Labute approximate surface area is 59.1 Å². The second-order valence-corrected chi connectivity index (χ2v) is 3.99. The summed E-state index contributed by atoms with van der Waals surface area (Å²) in [4.78, 5) is 12.0. The lowest BCUT2D eigenvalue weighted by molar-refractivity contribution is 0.214. The summed E-state index contributed by atoms with van der Waals surface area (Å²) in [5, 5.41) is 0. The highest BCUT2D eigenvalue weighted by Gasteiger charge is 2.23. The van der Waals surface area contributed by atoms with Gasteiger partial charge in [0.25, 0.3) is 0 Å². The van der Waals surface area contributed by atoms with Crippen molar-refractivity contribution in [1.29, 1.82) is 0 Å². The van der Waals surface area contributed by atoms with Crippen molar-refractivity contribution >= 4 is 16.1 Å². The number of sulfonamides is 1. The molecule has 1 saturated heterocycles. The fourth-order valence-corrected chi connectivity index (χ4v) is 1.66. The maximum Gasteiger partial charge on any atom is 0.330 e. The molecule has 0 aliphatic carbocycles. The minimum atomic E-state index is -3.31. The van der Waals surface area contributed by atoms with E-state index in [-0.39, 0.29) is 12.3 Å². The van der Waals surface area contributed by atoms with Gasteiger partial charge in [0.2, 0.25) is 10.0 Å². The smallest absolute Gasteiger partial charge is 0.326 e. The first-order valence-corrected chi connectivity index (χ1v) is 4.42. The molecule has 2 amide bonds. The van der Waals surface area contributed by atoms with Crippen LogP contribution in [-0.4, -0.2) is 38.7 Å². The van der Waals surface area contributed by atoms with Crippen molar-refractivity contribution in [3.05, 3.63) is 0 Å². The molecule has 0 unspecified atom stereocenters. The predicted molar refractivity (Wildman–Crippen MR) is 34.9 cm³/mol. The molecule has 1 fully saturated rings. The second kappa shape index (κ2) is 2.12. The van der Waals surface area contributed by atoms with Crippen LogP contribution in [0.1, 0.15) is 0 Å². The third-order valence-corrected chi connectivity index (χ3v) is 2.49. The van der Waals surface area contributed by atoms with Crippen LogP contribution in [0, 0.1) is 0 Å². The topological polar surface area (TPSA) is 66.5 Å². The largest absolute Gasteiger partial charge is 0.330 e. The van der Waals surface area contributed by atoms with Gasteiger partial charge in [-0.25, -0.2) is 17.9 Å². The molecule has 0 atom stereocenters. The van der Waals surface area contributed by atoms with Gasteiger partial charge in [0.05, 0.1) is 5.75 Å². The van der Waals surface area contributed by atoms with Crippen LogP contribution in [0.15, 0.2) is 0 Å². The van der Waals surface area contributed by atoms with Gasteiger partial charge in [-0.05, 0) is 0 Å². The number of nitrogens with one attached hydrogen (secondary N) is 1. The Bertz CT molecular complexity index is 245. The molecule has 0 aromatic rings. The van der Waals surface area contributed by atoms with Crippen molar-refractivity contribution in [3.8, 4) is 0 Å². The molecular formula is C4H8N2O3S. The Morgan fingerprint density at radius 3 is 2.60 bits per heavy atom. The van der Waals surface area contributed by atoms with Gasteiger partial charge in [-0.3, -0.25) is 0 Å². The van der Waals surface area contributed by atoms with Crippen LogP contribution in [-0.2, 0) is 10.0 Å². The molecule has 1 aliphatic rings. The maximum atomic E-state index is 10.6. The predicted octanol–water partition coefficient (Wildman–Crippen LogP) is -1.03.